The summed E-state index contributed by atoms with van der Waals surface area (Å²) in [5, 5.41) is 7.97. The van der Waals surface area contributed by atoms with E-state index in [-0.39, 0.29) is 0 Å². The molecule has 2 aromatic heterocycles. The first-order chi connectivity index (χ1) is 16.4. The van der Waals surface area contributed by atoms with Crippen LogP contribution in [0.2, 0.25) is 0 Å². The third kappa shape index (κ3) is 2.20. The topological polar surface area (TPSA) is 17.8 Å². The van der Waals surface area contributed by atoms with E-state index in [1.807, 2.05) is 12.4 Å². The molecule has 0 saturated heterocycles. The zero-order valence-electron chi connectivity index (χ0n) is 17.8. The molecule has 0 saturated carbocycles. The molecule has 1 aliphatic rings. The first-order valence-corrected chi connectivity index (χ1v) is 11.3. The minimum atomic E-state index is 1.19. The summed E-state index contributed by atoms with van der Waals surface area (Å²) >= 11 is 0. The van der Waals surface area contributed by atoms with Crippen LogP contribution in [0.5, 0.6) is 0 Å². The van der Waals surface area contributed by atoms with Crippen LogP contribution in [0.3, 0.4) is 0 Å². The Morgan fingerprint density at radius 2 is 1.21 bits per heavy atom. The molecule has 2 heterocycles. The summed E-state index contributed by atoms with van der Waals surface area (Å²) in [6.07, 6.45) is 3.69. The SMILES string of the molecule is c1cc2c3c(c1)ccc1c3c3c-2cccc3n1-c1ccc2cc(-c3ccncc3)ccc2c1. The number of aromatic nitrogens is 2. The van der Waals surface area contributed by atoms with Crippen molar-refractivity contribution in [1.29, 1.82) is 0 Å². The van der Waals surface area contributed by atoms with E-state index in [1.54, 1.807) is 0 Å². The molecule has 0 radical (unpaired) electrons. The molecule has 5 aromatic carbocycles. The van der Waals surface area contributed by atoms with Gasteiger partial charge in [-0.15, -0.1) is 0 Å². The van der Waals surface area contributed by atoms with Gasteiger partial charge in [-0.3, -0.25) is 4.98 Å². The molecule has 0 atom stereocenters. The molecule has 152 valence electrons. The number of pyridine rings is 1. The smallest absolute Gasteiger partial charge is 0.0548 e. The lowest BCUT2D eigenvalue weighted by atomic mass is 10.0. The van der Waals surface area contributed by atoms with Gasteiger partial charge in [0.25, 0.3) is 0 Å². The number of benzene rings is 5. The lowest BCUT2D eigenvalue weighted by molar-refractivity contribution is 1.19. The third-order valence-electron chi connectivity index (χ3n) is 7.18. The van der Waals surface area contributed by atoms with Gasteiger partial charge in [-0.1, -0.05) is 54.6 Å². The van der Waals surface area contributed by atoms with Gasteiger partial charge in [0.15, 0.2) is 0 Å². The Hall–Kier alpha value is -4.43. The van der Waals surface area contributed by atoms with Gasteiger partial charge in [-0.25, -0.2) is 0 Å². The minimum absolute atomic E-state index is 1.19. The van der Waals surface area contributed by atoms with E-state index < -0.39 is 0 Å². The summed E-state index contributed by atoms with van der Waals surface area (Å²) in [7, 11) is 0. The molecule has 33 heavy (non-hydrogen) atoms. The van der Waals surface area contributed by atoms with E-state index in [1.165, 1.54) is 71.3 Å². The zero-order chi connectivity index (χ0) is 21.5. The second-order valence-corrected chi connectivity index (χ2v) is 8.88. The second kappa shape index (κ2) is 6.08. The lowest BCUT2D eigenvalue weighted by Gasteiger charge is -2.12. The summed E-state index contributed by atoms with van der Waals surface area (Å²) in [5.41, 5.74) is 8.88. The van der Waals surface area contributed by atoms with Gasteiger partial charge in [0.1, 0.15) is 0 Å². The first kappa shape index (κ1) is 17.2. The zero-order valence-corrected chi connectivity index (χ0v) is 17.8. The largest absolute Gasteiger partial charge is 0.309 e. The maximum Gasteiger partial charge on any atom is 0.0548 e. The van der Waals surface area contributed by atoms with Gasteiger partial charge in [0.05, 0.1) is 11.0 Å². The molecule has 0 bridgehead atoms. The van der Waals surface area contributed by atoms with E-state index in [0.29, 0.717) is 0 Å². The highest BCUT2D eigenvalue weighted by Gasteiger charge is 2.24. The molecule has 0 unspecified atom stereocenters. The Morgan fingerprint density at radius 3 is 2.12 bits per heavy atom. The summed E-state index contributed by atoms with van der Waals surface area (Å²) < 4.78 is 2.43. The van der Waals surface area contributed by atoms with Crippen molar-refractivity contribution in [3.8, 4) is 27.9 Å². The van der Waals surface area contributed by atoms with Crippen molar-refractivity contribution in [2.45, 2.75) is 0 Å². The summed E-state index contributed by atoms with van der Waals surface area (Å²) in [5.74, 6) is 0. The fraction of sp³-hybridized carbons (Fsp3) is 0. The Bertz CT molecular complexity index is 1910. The highest BCUT2D eigenvalue weighted by atomic mass is 15.0. The van der Waals surface area contributed by atoms with Gasteiger partial charge >= 0.3 is 0 Å². The number of fused-ring (bicyclic) bond motifs is 2. The maximum absolute atomic E-state index is 4.14. The molecular formula is C31H18N2. The molecule has 0 aliphatic heterocycles. The van der Waals surface area contributed by atoms with Gasteiger partial charge in [-0.2, -0.15) is 0 Å². The molecule has 0 N–H and O–H groups in total. The van der Waals surface area contributed by atoms with Crippen molar-refractivity contribution in [2.75, 3.05) is 0 Å². The first-order valence-electron chi connectivity index (χ1n) is 11.3. The van der Waals surface area contributed by atoms with Crippen molar-refractivity contribution in [1.82, 2.24) is 9.55 Å². The van der Waals surface area contributed by atoms with Gasteiger partial charge < -0.3 is 4.57 Å². The van der Waals surface area contributed by atoms with E-state index in [2.05, 4.69) is 107 Å². The standard InChI is InChI=1S/C31H18N2/c1-3-20-10-12-28-31-29(20)25(4-1)26-5-2-6-27(30(26)31)33(28)24-11-9-22-17-21(7-8-23(22)18-24)19-13-15-32-16-14-19/h1-18H. The number of hydrogen-bond donors (Lipinski definition) is 0. The van der Waals surface area contributed by atoms with Gasteiger partial charge in [-0.05, 0) is 86.3 Å². The van der Waals surface area contributed by atoms with Gasteiger partial charge in [0, 0.05) is 28.9 Å². The van der Waals surface area contributed by atoms with Crippen LogP contribution in [0.4, 0.5) is 0 Å². The Morgan fingerprint density at radius 1 is 0.485 bits per heavy atom. The average molecular weight is 418 g/mol. The fourth-order valence-electron chi connectivity index (χ4n) is 5.75. The lowest BCUT2D eigenvalue weighted by Crippen LogP contribution is -1.95. The van der Waals surface area contributed by atoms with Crippen molar-refractivity contribution >= 4 is 43.4 Å². The number of nitrogens with zero attached hydrogens (tertiary/aromatic N) is 2. The van der Waals surface area contributed by atoms with Crippen molar-refractivity contribution in [2.24, 2.45) is 0 Å². The quantitative estimate of drug-likeness (QED) is 0.277. The minimum Gasteiger partial charge on any atom is -0.309 e. The molecular weight excluding hydrogens is 400 g/mol. The Labute approximate surface area is 190 Å². The molecule has 8 rings (SSSR count). The van der Waals surface area contributed by atoms with Crippen LogP contribution in [0.15, 0.2) is 109 Å². The summed E-state index contributed by atoms with van der Waals surface area (Å²) in [6.45, 7) is 0. The maximum atomic E-state index is 4.14. The molecule has 1 aliphatic carbocycles. The fourth-order valence-corrected chi connectivity index (χ4v) is 5.75. The number of hydrogen-bond acceptors (Lipinski definition) is 1. The van der Waals surface area contributed by atoms with Crippen LogP contribution >= 0.6 is 0 Å². The van der Waals surface area contributed by atoms with E-state index in [9.17, 15) is 0 Å². The molecule has 2 nitrogen and oxygen atoms in total. The highest BCUT2D eigenvalue weighted by Crippen LogP contribution is 2.49. The summed E-state index contributed by atoms with van der Waals surface area (Å²) in [4.78, 5) is 4.14. The van der Waals surface area contributed by atoms with Crippen LogP contribution in [0.1, 0.15) is 0 Å². The number of rotatable bonds is 2. The third-order valence-corrected chi connectivity index (χ3v) is 7.18. The van der Waals surface area contributed by atoms with Crippen LogP contribution in [-0.4, -0.2) is 9.55 Å². The predicted octanol–water partition coefficient (Wildman–Crippen LogP) is 8.13. The monoisotopic (exact) mass is 418 g/mol. The Balaban J connectivity index is 1.40. The molecule has 0 amide bonds. The van der Waals surface area contributed by atoms with Gasteiger partial charge in [0.2, 0.25) is 0 Å². The van der Waals surface area contributed by atoms with E-state index >= 15 is 0 Å². The average Bonchev–Trinajstić information content (AvgIpc) is 3.41. The van der Waals surface area contributed by atoms with Crippen LogP contribution in [0.25, 0.3) is 71.3 Å². The Kier molecular flexibility index (Phi) is 3.16. The highest BCUT2D eigenvalue weighted by molar-refractivity contribution is 6.33. The van der Waals surface area contributed by atoms with Crippen molar-refractivity contribution in [3.63, 3.8) is 0 Å². The van der Waals surface area contributed by atoms with E-state index in [0.717, 1.165) is 0 Å². The van der Waals surface area contributed by atoms with Crippen LogP contribution < -0.4 is 0 Å². The molecule has 0 spiro atoms. The van der Waals surface area contributed by atoms with Crippen LogP contribution in [0, 0.1) is 0 Å². The molecule has 2 heteroatoms. The van der Waals surface area contributed by atoms with E-state index in [4.69, 9.17) is 0 Å². The normalized spacial score (nSPS) is 12.2. The van der Waals surface area contributed by atoms with Crippen molar-refractivity contribution in [3.05, 3.63) is 109 Å². The van der Waals surface area contributed by atoms with Crippen molar-refractivity contribution < 1.29 is 0 Å². The predicted molar refractivity (Wildman–Crippen MR) is 138 cm³/mol. The second-order valence-electron chi connectivity index (χ2n) is 8.88. The van der Waals surface area contributed by atoms with Crippen LogP contribution in [-0.2, 0) is 0 Å². The molecule has 7 aromatic rings. The molecule has 0 fully saturated rings. The summed E-state index contributed by atoms with van der Waals surface area (Å²) in [6, 6.07) is 35.5.